The second kappa shape index (κ2) is 8.17. The number of carbonyl (C=O) groups excluding carboxylic acids is 1. The van der Waals surface area contributed by atoms with Gasteiger partial charge in [-0.15, -0.1) is 0 Å². The van der Waals surface area contributed by atoms with Crippen molar-refractivity contribution < 1.29 is 14.3 Å². The van der Waals surface area contributed by atoms with Crippen molar-refractivity contribution in [1.82, 2.24) is 0 Å². The van der Waals surface area contributed by atoms with Crippen LogP contribution in [-0.4, -0.2) is 12.1 Å². The smallest absolute Gasteiger partial charge is 0.347 e. The van der Waals surface area contributed by atoms with Gasteiger partial charge in [0.05, 0.1) is 10.6 Å². The monoisotopic (exact) mass is 454 g/mol. The maximum absolute atomic E-state index is 12.6. The summed E-state index contributed by atoms with van der Waals surface area (Å²) in [7, 11) is 0. The molecule has 0 aliphatic carbocycles. The van der Waals surface area contributed by atoms with Gasteiger partial charge in [0.2, 0.25) is 0 Å². The summed E-state index contributed by atoms with van der Waals surface area (Å²) in [6.45, 7) is 8.06. The van der Waals surface area contributed by atoms with Crippen molar-refractivity contribution in [2.75, 3.05) is 0 Å². The van der Waals surface area contributed by atoms with Crippen molar-refractivity contribution in [2.45, 2.75) is 39.7 Å². The molecule has 0 aromatic heterocycles. The largest absolute Gasteiger partial charge is 0.490 e. The van der Waals surface area contributed by atoms with Gasteiger partial charge in [0.1, 0.15) is 17.1 Å². The Morgan fingerprint density at radius 3 is 2.21 bits per heavy atom. The molecule has 3 nitrogen and oxygen atoms in total. The van der Waals surface area contributed by atoms with E-state index in [-0.39, 0.29) is 6.10 Å². The van der Waals surface area contributed by atoms with Gasteiger partial charge in [0.25, 0.3) is 0 Å². The standard InChI is InChI=1S/C19H20Br2O3/c1-11(2)13-5-7-18(16(21)9-13)24-19(22)15-10-14(20)6-8-17(15)23-12(3)4/h5-12H,1-4H3. The van der Waals surface area contributed by atoms with E-state index in [9.17, 15) is 4.79 Å². The fourth-order valence-electron chi connectivity index (χ4n) is 2.13. The molecule has 0 unspecified atom stereocenters. The number of halogens is 2. The quantitative estimate of drug-likeness (QED) is 0.389. The second-order valence-electron chi connectivity index (χ2n) is 6.04. The summed E-state index contributed by atoms with van der Waals surface area (Å²) in [6, 6.07) is 11.0. The molecule has 24 heavy (non-hydrogen) atoms. The Morgan fingerprint density at radius 2 is 1.62 bits per heavy atom. The van der Waals surface area contributed by atoms with Crippen LogP contribution in [0.1, 0.15) is 49.5 Å². The predicted octanol–water partition coefficient (Wildman–Crippen LogP) is 6.34. The van der Waals surface area contributed by atoms with Gasteiger partial charge in [-0.1, -0.05) is 35.8 Å². The van der Waals surface area contributed by atoms with E-state index in [4.69, 9.17) is 9.47 Å². The molecule has 0 aliphatic heterocycles. The molecule has 0 N–H and O–H groups in total. The Kier molecular flexibility index (Phi) is 6.47. The van der Waals surface area contributed by atoms with E-state index in [0.29, 0.717) is 23.0 Å². The molecular formula is C19H20Br2O3. The molecule has 0 fully saturated rings. The van der Waals surface area contributed by atoms with Crippen LogP contribution in [0.25, 0.3) is 0 Å². The van der Waals surface area contributed by atoms with Gasteiger partial charge < -0.3 is 9.47 Å². The van der Waals surface area contributed by atoms with Crippen LogP contribution in [-0.2, 0) is 0 Å². The zero-order chi connectivity index (χ0) is 17.9. The molecule has 0 saturated carbocycles. The average molecular weight is 456 g/mol. The Labute approximate surface area is 159 Å². The molecule has 0 spiro atoms. The Balaban J connectivity index is 2.28. The topological polar surface area (TPSA) is 35.5 Å². The number of esters is 1. The molecule has 0 bridgehead atoms. The summed E-state index contributed by atoms with van der Waals surface area (Å²) < 4.78 is 12.8. The van der Waals surface area contributed by atoms with Gasteiger partial charge in [-0.05, 0) is 71.6 Å². The molecule has 5 heteroatoms. The van der Waals surface area contributed by atoms with E-state index in [1.165, 1.54) is 5.56 Å². The number of benzene rings is 2. The average Bonchev–Trinajstić information content (AvgIpc) is 2.50. The Morgan fingerprint density at radius 1 is 0.958 bits per heavy atom. The number of carbonyl (C=O) groups is 1. The van der Waals surface area contributed by atoms with E-state index < -0.39 is 5.97 Å². The van der Waals surface area contributed by atoms with Crippen LogP contribution in [0.15, 0.2) is 45.3 Å². The number of ether oxygens (including phenoxy) is 2. The number of hydrogen-bond donors (Lipinski definition) is 0. The second-order valence-corrected chi connectivity index (χ2v) is 7.81. The minimum atomic E-state index is -0.454. The maximum Gasteiger partial charge on any atom is 0.347 e. The summed E-state index contributed by atoms with van der Waals surface area (Å²) in [5.74, 6) is 0.945. The maximum atomic E-state index is 12.6. The Bertz CT molecular complexity index is 739. The van der Waals surface area contributed by atoms with Crippen molar-refractivity contribution in [1.29, 1.82) is 0 Å². The number of hydrogen-bond acceptors (Lipinski definition) is 3. The van der Waals surface area contributed by atoms with Gasteiger partial charge in [0, 0.05) is 4.47 Å². The van der Waals surface area contributed by atoms with Crippen LogP contribution in [0.2, 0.25) is 0 Å². The van der Waals surface area contributed by atoms with Gasteiger partial charge >= 0.3 is 5.97 Å². The van der Waals surface area contributed by atoms with Crippen molar-refractivity contribution in [3.63, 3.8) is 0 Å². The summed E-state index contributed by atoms with van der Waals surface area (Å²) in [4.78, 5) is 12.6. The van der Waals surface area contributed by atoms with Gasteiger partial charge in [-0.25, -0.2) is 4.79 Å². The van der Waals surface area contributed by atoms with E-state index in [0.717, 1.165) is 8.95 Å². The molecule has 0 heterocycles. The van der Waals surface area contributed by atoms with Crippen LogP contribution in [0.3, 0.4) is 0 Å². The highest BCUT2D eigenvalue weighted by atomic mass is 79.9. The predicted molar refractivity (Wildman–Crippen MR) is 103 cm³/mol. The third kappa shape index (κ3) is 4.84. The summed E-state index contributed by atoms with van der Waals surface area (Å²) in [6.07, 6.45) is -0.0326. The lowest BCUT2D eigenvalue weighted by atomic mass is 10.0. The molecule has 0 saturated heterocycles. The first-order valence-corrected chi connectivity index (χ1v) is 9.34. The highest BCUT2D eigenvalue weighted by Gasteiger charge is 2.18. The fraction of sp³-hybridized carbons (Fsp3) is 0.316. The molecule has 0 aliphatic rings. The highest BCUT2D eigenvalue weighted by molar-refractivity contribution is 9.10. The van der Waals surface area contributed by atoms with E-state index in [1.807, 2.05) is 32.0 Å². The van der Waals surface area contributed by atoms with Crippen LogP contribution >= 0.6 is 31.9 Å². The molecule has 2 aromatic rings. The molecule has 0 atom stereocenters. The van der Waals surface area contributed by atoms with E-state index >= 15 is 0 Å². The Hall–Kier alpha value is -1.33. The lowest BCUT2D eigenvalue weighted by Crippen LogP contribution is -2.14. The third-order valence-electron chi connectivity index (χ3n) is 3.35. The zero-order valence-corrected chi connectivity index (χ0v) is 17.3. The van der Waals surface area contributed by atoms with Crippen LogP contribution in [0.5, 0.6) is 11.5 Å². The minimum absolute atomic E-state index is 0.0326. The van der Waals surface area contributed by atoms with Crippen LogP contribution in [0, 0.1) is 0 Å². The van der Waals surface area contributed by atoms with Gasteiger partial charge in [-0.2, -0.15) is 0 Å². The van der Waals surface area contributed by atoms with Crippen molar-refractivity contribution in [3.8, 4) is 11.5 Å². The summed E-state index contributed by atoms with van der Waals surface area (Å²) in [5.41, 5.74) is 1.56. The molecule has 128 valence electrons. The zero-order valence-electron chi connectivity index (χ0n) is 14.1. The van der Waals surface area contributed by atoms with Gasteiger partial charge in [-0.3, -0.25) is 0 Å². The van der Waals surface area contributed by atoms with Gasteiger partial charge in [0.15, 0.2) is 0 Å². The van der Waals surface area contributed by atoms with Crippen LogP contribution in [0.4, 0.5) is 0 Å². The van der Waals surface area contributed by atoms with Crippen molar-refractivity contribution in [3.05, 3.63) is 56.5 Å². The van der Waals surface area contributed by atoms with Crippen molar-refractivity contribution in [2.24, 2.45) is 0 Å². The van der Waals surface area contributed by atoms with Crippen molar-refractivity contribution >= 4 is 37.8 Å². The SMILES string of the molecule is CC(C)Oc1ccc(Br)cc1C(=O)Oc1ccc(C(C)C)cc1Br. The lowest BCUT2D eigenvalue weighted by Gasteiger charge is -2.15. The highest BCUT2D eigenvalue weighted by Crippen LogP contribution is 2.31. The summed E-state index contributed by atoms with van der Waals surface area (Å²) in [5, 5.41) is 0. The first kappa shape index (κ1) is 19.0. The lowest BCUT2D eigenvalue weighted by molar-refractivity contribution is 0.0727. The molecule has 2 rings (SSSR count). The first-order chi connectivity index (χ1) is 11.3. The molecule has 0 radical (unpaired) electrons. The normalized spacial score (nSPS) is 11.0. The number of rotatable bonds is 5. The van der Waals surface area contributed by atoms with Crippen LogP contribution < -0.4 is 9.47 Å². The first-order valence-electron chi connectivity index (χ1n) is 7.75. The van der Waals surface area contributed by atoms with E-state index in [1.54, 1.807) is 18.2 Å². The molecule has 2 aromatic carbocycles. The molecule has 0 amide bonds. The van der Waals surface area contributed by atoms with E-state index in [2.05, 4.69) is 45.7 Å². The fourth-order valence-corrected chi connectivity index (χ4v) is 2.97. The minimum Gasteiger partial charge on any atom is -0.490 e. The summed E-state index contributed by atoms with van der Waals surface area (Å²) >= 11 is 6.86. The molecular weight excluding hydrogens is 436 g/mol. The third-order valence-corrected chi connectivity index (χ3v) is 4.46.